The van der Waals surface area contributed by atoms with Gasteiger partial charge in [-0.2, -0.15) is 8.78 Å². The van der Waals surface area contributed by atoms with Crippen LogP contribution in [-0.4, -0.2) is 43.1 Å². The van der Waals surface area contributed by atoms with E-state index in [0.717, 1.165) is 39.5 Å². The van der Waals surface area contributed by atoms with E-state index in [1.807, 2.05) is 0 Å². The first kappa shape index (κ1) is 28.7. The molecule has 16 heteroatoms. The van der Waals surface area contributed by atoms with Crippen molar-refractivity contribution in [2.75, 3.05) is 0 Å². The number of imidazole rings is 1. The van der Waals surface area contributed by atoms with Crippen LogP contribution in [-0.2, 0) is 19.5 Å². The number of halogens is 7. The summed E-state index contributed by atoms with van der Waals surface area (Å²) in [5.74, 6) is -6.52. The molecular weight excluding hydrogens is 557 g/mol. The first-order valence-electron chi connectivity index (χ1n) is 11.3. The maximum atomic E-state index is 14.7. The third-order valence-corrected chi connectivity index (χ3v) is 5.62. The molecule has 40 heavy (non-hydrogen) atoms. The number of aliphatic hydroxyl groups excluding tert-OH is 1. The van der Waals surface area contributed by atoms with Gasteiger partial charge in [0.2, 0.25) is 0 Å². The fraction of sp³-hybridized carbons (Fsp3) is 0.292. The minimum Gasteiger partial charge on any atom is -0.457 e. The summed E-state index contributed by atoms with van der Waals surface area (Å²) in [5, 5.41) is 9.74. The number of hydrogen-bond donors (Lipinski definition) is 2. The number of aromatic nitrogens is 4. The van der Waals surface area contributed by atoms with Gasteiger partial charge in [0.25, 0.3) is 5.56 Å². The zero-order valence-electron chi connectivity index (χ0n) is 20.5. The van der Waals surface area contributed by atoms with Crippen molar-refractivity contribution in [3.8, 4) is 28.6 Å². The summed E-state index contributed by atoms with van der Waals surface area (Å²) in [5.41, 5.74) is -3.53. The van der Waals surface area contributed by atoms with Gasteiger partial charge >= 0.3 is 24.4 Å². The van der Waals surface area contributed by atoms with Gasteiger partial charge in [0.1, 0.15) is 23.1 Å². The monoisotopic (exact) mass is 576 g/mol. The quantitative estimate of drug-likeness (QED) is 0.299. The van der Waals surface area contributed by atoms with Gasteiger partial charge in [-0.25, -0.2) is 18.6 Å². The first-order chi connectivity index (χ1) is 18.6. The van der Waals surface area contributed by atoms with Gasteiger partial charge < -0.3 is 19.1 Å². The third-order valence-electron chi connectivity index (χ3n) is 5.62. The predicted molar refractivity (Wildman–Crippen MR) is 126 cm³/mol. The topological polar surface area (TPSA) is 111 Å². The lowest BCUT2D eigenvalue weighted by Crippen LogP contribution is -2.33. The highest BCUT2D eigenvalue weighted by Gasteiger charge is 2.45. The number of fused-ring (bicyclic) bond motifs is 1. The number of H-pyrrole nitrogens is 1. The van der Waals surface area contributed by atoms with E-state index in [1.54, 1.807) is 0 Å². The molecule has 2 aromatic carbocycles. The number of aryl methyl sites for hydroxylation is 1. The summed E-state index contributed by atoms with van der Waals surface area (Å²) in [7, 11) is 1.33. The van der Waals surface area contributed by atoms with Crippen molar-refractivity contribution >= 4 is 11.2 Å². The minimum atomic E-state index is -4.98. The fourth-order valence-corrected chi connectivity index (χ4v) is 3.91. The molecule has 0 bridgehead atoms. The van der Waals surface area contributed by atoms with Crippen LogP contribution in [0.3, 0.4) is 0 Å². The van der Waals surface area contributed by atoms with Crippen molar-refractivity contribution in [3.05, 3.63) is 68.9 Å². The average Bonchev–Trinajstić information content (AvgIpc) is 3.19. The molecular formula is C24H19F7N4O5. The molecule has 4 aromatic rings. The summed E-state index contributed by atoms with van der Waals surface area (Å²) in [6, 6.07) is 6.35. The molecule has 4 rings (SSSR count). The number of rotatable bonds is 8. The van der Waals surface area contributed by atoms with Crippen LogP contribution < -0.4 is 20.7 Å². The molecule has 0 spiro atoms. The Morgan fingerprint density at radius 1 is 1.02 bits per heavy atom. The summed E-state index contributed by atoms with van der Waals surface area (Å²) >= 11 is 0. The maximum absolute atomic E-state index is 14.7. The van der Waals surface area contributed by atoms with Crippen LogP contribution in [0.25, 0.3) is 22.6 Å². The van der Waals surface area contributed by atoms with Crippen LogP contribution in [0, 0.1) is 0 Å². The number of aromatic amines is 1. The van der Waals surface area contributed by atoms with Crippen LogP contribution in [0.15, 0.2) is 52.1 Å². The Morgan fingerprint density at radius 2 is 1.65 bits per heavy atom. The van der Waals surface area contributed by atoms with Crippen LogP contribution in [0.1, 0.15) is 12.5 Å². The van der Waals surface area contributed by atoms with Crippen LogP contribution >= 0.6 is 0 Å². The van der Waals surface area contributed by atoms with Crippen LogP contribution in [0.2, 0.25) is 0 Å². The lowest BCUT2D eigenvalue weighted by Gasteiger charge is -2.20. The summed E-state index contributed by atoms with van der Waals surface area (Å²) in [4.78, 5) is 31.0. The van der Waals surface area contributed by atoms with Crippen molar-refractivity contribution in [3.63, 3.8) is 0 Å². The van der Waals surface area contributed by atoms with E-state index in [2.05, 4.69) is 14.7 Å². The van der Waals surface area contributed by atoms with E-state index < -0.39 is 53.1 Å². The SMILES string of the molecule is CC(O)Cn1c(=O)[nH]c(=O)c2c1nc(-c1ccc(Oc3ccc(OC(F)(F)F)cc3)c(C(F)(F)C(F)F)c1)n2C. The number of hydrogen-bond acceptors (Lipinski definition) is 6. The zero-order chi connectivity index (χ0) is 29.6. The molecule has 2 aromatic heterocycles. The number of nitrogens with one attached hydrogen (secondary N) is 1. The molecule has 2 N–H and O–H groups in total. The van der Waals surface area contributed by atoms with E-state index in [-0.39, 0.29) is 34.8 Å². The summed E-state index contributed by atoms with van der Waals surface area (Å²) in [6.45, 7) is 1.11. The number of nitrogens with zero attached hydrogens (tertiary/aromatic N) is 3. The van der Waals surface area contributed by atoms with E-state index in [9.17, 15) is 45.4 Å². The Morgan fingerprint density at radius 3 is 2.23 bits per heavy atom. The van der Waals surface area contributed by atoms with E-state index in [4.69, 9.17) is 4.74 Å². The van der Waals surface area contributed by atoms with Gasteiger partial charge in [0, 0.05) is 12.6 Å². The molecule has 1 unspecified atom stereocenters. The van der Waals surface area contributed by atoms with Crippen molar-refractivity contribution < 1.29 is 45.3 Å². The molecule has 9 nitrogen and oxygen atoms in total. The molecule has 0 saturated carbocycles. The number of benzene rings is 2. The first-order valence-corrected chi connectivity index (χ1v) is 11.3. The number of aliphatic hydroxyl groups is 1. The molecule has 0 aliphatic rings. The highest BCUT2D eigenvalue weighted by molar-refractivity contribution is 5.77. The molecule has 0 fully saturated rings. The largest absolute Gasteiger partial charge is 0.573 e. The van der Waals surface area contributed by atoms with Gasteiger partial charge in [-0.3, -0.25) is 14.3 Å². The number of ether oxygens (including phenoxy) is 2. The Labute approximate surface area is 219 Å². The molecule has 1 atom stereocenters. The Kier molecular flexibility index (Phi) is 7.40. The second kappa shape index (κ2) is 10.3. The lowest BCUT2D eigenvalue weighted by molar-refractivity contribution is -0.274. The van der Waals surface area contributed by atoms with Crippen molar-refractivity contribution in [1.82, 2.24) is 19.1 Å². The minimum absolute atomic E-state index is 0.154. The van der Waals surface area contributed by atoms with Crippen LogP contribution in [0.5, 0.6) is 17.2 Å². The van der Waals surface area contributed by atoms with Gasteiger partial charge in [0.05, 0.1) is 18.2 Å². The summed E-state index contributed by atoms with van der Waals surface area (Å²) < 4.78 is 105. The van der Waals surface area contributed by atoms with E-state index >= 15 is 0 Å². The second-order valence-electron chi connectivity index (χ2n) is 8.64. The van der Waals surface area contributed by atoms with Gasteiger partial charge in [-0.05, 0) is 49.4 Å². The fourth-order valence-electron chi connectivity index (χ4n) is 3.91. The van der Waals surface area contributed by atoms with Crippen molar-refractivity contribution in [2.45, 2.75) is 38.3 Å². The Hall–Kier alpha value is -4.34. The highest BCUT2D eigenvalue weighted by Crippen LogP contribution is 2.43. The number of alkyl halides is 7. The molecule has 0 amide bonds. The molecule has 2 heterocycles. The smallest absolute Gasteiger partial charge is 0.457 e. The molecule has 0 aliphatic heterocycles. The van der Waals surface area contributed by atoms with Crippen molar-refractivity contribution in [2.24, 2.45) is 7.05 Å². The van der Waals surface area contributed by atoms with Crippen molar-refractivity contribution in [1.29, 1.82) is 0 Å². The van der Waals surface area contributed by atoms with Gasteiger partial charge in [-0.1, -0.05) is 0 Å². The highest BCUT2D eigenvalue weighted by atomic mass is 19.4. The Balaban J connectivity index is 1.82. The lowest BCUT2D eigenvalue weighted by atomic mass is 10.0. The Bertz CT molecular complexity index is 1660. The van der Waals surface area contributed by atoms with Gasteiger partial charge in [0.15, 0.2) is 11.2 Å². The molecule has 0 aliphatic carbocycles. The standard InChI is InChI=1S/C24H19F7N4O5/c1-11(36)10-35-19-17(20(37)33-22(35)38)34(2)18(32-19)12-3-8-16(15(9-12)23(27,28)21(25)26)39-13-4-6-14(7-5-13)40-24(29,30)31/h3-9,11,21,36H,10H2,1-2H3,(H,33,37,38). The van der Waals surface area contributed by atoms with Gasteiger partial charge in [-0.15, -0.1) is 13.2 Å². The third kappa shape index (κ3) is 5.66. The zero-order valence-corrected chi connectivity index (χ0v) is 20.5. The van der Waals surface area contributed by atoms with E-state index in [0.29, 0.717) is 6.07 Å². The van der Waals surface area contributed by atoms with Crippen LogP contribution in [0.4, 0.5) is 30.7 Å². The maximum Gasteiger partial charge on any atom is 0.573 e. The molecule has 0 radical (unpaired) electrons. The second-order valence-corrected chi connectivity index (χ2v) is 8.64. The molecule has 0 saturated heterocycles. The summed E-state index contributed by atoms with van der Waals surface area (Å²) in [6.07, 6.45) is -10.2. The normalized spacial score (nSPS) is 13.2. The average molecular weight is 576 g/mol. The van der Waals surface area contributed by atoms with E-state index in [1.165, 1.54) is 20.0 Å². The predicted octanol–water partition coefficient (Wildman–Crippen LogP) is 4.52. The molecule has 214 valence electrons.